The number of hydrogen-bond donors (Lipinski definition) is 2. The third-order valence-electron chi connectivity index (χ3n) is 4.53. The standard InChI is InChI=1S/C18H19N3O4S/c22-15(11-5-9-24-10-6-11)16-14(13-4-2-8-25-13)20-18(26-16)21-17(23)12-3-1-7-19-12/h1-3,7-8,11,13,19H,4-6,9-10H2,(H,20,21,23). The summed E-state index contributed by atoms with van der Waals surface area (Å²) in [5.41, 5.74) is 1.05. The molecule has 2 aliphatic rings. The van der Waals surface area contributed by atoms with E-state index in [1.54, 1.807) is 24.6 Å². The van der Waals surface area contributed by atoms with E-state index in [-0.39, 0.29) is 23.7 Å². The number of H-pyrrole nitrogens is 1. The lowest BCUT2D eigenvalue weighted by atomic mass is 9.93. The van der Waals surface area contributed by atoms with Gasteiger partial charge >= 0.3 is 0 Å². The summed E-state index contributed by atoms with van der Waals surface area (Å²) in [6, 6.07) is 3.43. The van der Waals surface area contributed by atoms with Gasteiger partial charge in [-0.1, -0.05) is 11.3 Å². The Morgan fingerprint density at radius 2 is 2.15 bits per heavy atom. The number of hydrogen-bond acceptors (Lipinski definition) is 6. The highest BCUT2D eigenvalue weighted by molar-refractivity contribution is 7.17. The molecule has 1 unspecified atom stereocenters. The zero-order valence-corrected chi connectivity index (χ0v) is 14.9. The lowest BCUT2D eigenvalue weighted by Crippen LogP contribution is -2.24. The summed E-state index contributed by atoms with van der Waals surface area (Å²) < 4.78 is 10.9. The van der Waals surface area contributed by atoms with E-state index in [4.69, 9.17) is 9.47 Å². The van der Waals surface area contributed by atoms with Gasteiger partial charge in [0, 0.05) is 31.7 Å². The molecule has 2 aromatic rings. The molecule has 4 rings (SSSR count). The molecule has 0 saturated carbocycles. The van der Waals surface area contributed by atoms with E-state index >= 15 is 0 Å². The minimum atomic E-state index is -0.286. The minimum absolute atomic E-state index is 0.0655. The van der Waals surface area contributed by atoms with Gasteiger partial charge < -0.3 is 14.5 Å². The third-order valence-corrected chi connectivity index (χ3v) is 5.53. The van der Waals surface area contributed by atoms with Gasteiger partial charge in [-0.3, -0.25) is 14.9 Å². The quantitative estimate of drug-likeness (QED) is 0.785. The van der Waals surface area contributed by atoms with Crippen LogP contribution in [-0.2, 0) is 9.47 Å². The van der Waals surface area contributed by atoms with Crippen molar-refractivity contribution >= 4 is 28.2 Å². The third kappa shape index (κ3) is 3.42. The van der Waals surface area contributed by atoms with Crippen LogP contribution < -0.4 is 5.32 Å². The highest BCUT2D eigenvalue weighted by Gasteiger charge is 2.32. The molecule has 2 N–H and O–H groups in total. The van der Waals surface area contributed by atoms with Crippen molar-refractivity contribution in [3.63, 3.8) is 0 Å². The van der Waals surface area contributed by atoms with Gasteiger partial charge in [0.25, 0.3) is 5.91 Å². The number of ketones is 1. The summed E-state index contributed by atoms with van der Waals surface area (Å²) in [6.45, 7) is 1.20. The van der Waals surface area contributed by atoms with Crippen LogP contribution in [-0.4, -0.2) is 34.9 Å². The van der Waals surface area contributed by atoms with Crippen LogP contribution in [0.15, 0.2) is 30.7 Å². The lowest BCUT2D eigenvalue weighted by molar-refractivity contribution is 0.0544. The number of aromatic nitrogens is 2. The Hall–Kier alpha value is -2.45. The Morgan fingerprint density at radius 3 is 2.85 bits per heavy atom. The molecule has 0 bridgehead atoms. The summed E-state index contributed by atoms with van der Waals surface area (Å²) in [7, 11) is 0. The first-order valence-electron chi connectivity index (χ1n) is 8.60. The highest BCUT2D eigenvalue weighted by atomic mass is 32.1. The molecule has 0 spiro atoms. The summed E-state index contributed by atoms with van der Waals surface area (Å²) in [5, 5.41) is 3.18. The molecule has 8 heteroatoms. The van der Waals surface area contributed by atoms with E-state index in [9.17, 15) is 9.59 Å². The van der Waals surface area contributed by atoms with Gasteiger partial charge in [-0.05, 0) is 31.1 Å². The molecule has 7 nitrogen and oxygen atoms in total. The van der Waals surface area contributed by atoms with E-state index in [1.165, 1.54) is 11.3 Å². The highest BCUT2D eigenvalue weighted by Crippen LogP contribution is 2.36. The predicted octanol–water partition coefficient (Wildman–Crippen LogP) is 3.31. The molecule has 26 heavy (non-hydrogen) atoms. The first-order valence-corrected chi connectivity index (χ1v) is 9.42. The van der Waals surface area contributed by atoms with Gasteiger partial charge in [0.2, 0.25) is 0 Å². The maximum Gasteiger partial charge on any atom is 0.273 e. The summed E-state index contributed by atoms with van der Waals surface area (Å²) in [4.78, 5) is 33.2. The normalized spacial score (nSPS) is 20.1. The number of carbonyl (C=O) groups excluding carboxylic acids is 2. The smallest absolute Gasteiger partial charge is 0.273 e. The number of carbonyl (C=O) groups is 2. The Balaban J connectivity index is 1.59. The van der Waals surface area contributed by atoms with E-state index in [0.717, 1.165) is 0 Å². The molecule has 0 aromatic carbocycles. The zero-order chi connectivity index (χ0) is 17.9. The van der Waals surface area contributed by atoms with Crippen molar-refractivity contribution in [3.8, 4) is 0 Å². The van der Waals surface area contributed by atoms with Crippen molar-refractivity contribution in [1.29, 1.82) is 0 Å². The maximum absolute atomic E-state index is 13.0. The van der Waals surface area contributed by atoms with Crippen LogP contribution >= 0.6 is 11.3 Å². The van der Waals surface area contributed by atoms with Crippen molar-refractivity contribution < 1.29 is 19.1 Å². The van der Waals surface area contributed by atoms with Crippen LogP contribution in [0.25, 0.3) is 0 Å². The second-order valence-electron chi connectivity index (χ2n) is 6.25. The molecule has 0 aliphatic carbocycles. The minimum Gasteiger partial charge on any atom is -0.492 e. The van der Waals surface area contributed by atoms with Crippen LogP contribution in [0.3, 0.4) is 0 Å². The Labute approximate surface area is 154 Å². The summed E-state index contributed by atoms with van der Waals surface area (Å²) in [5.74, 6) is -0.285. The Kier molecular flexibility index (Phi) is 4.85. The molecule has 1 atom stereocenters. The van der Waals surface area contributed by atoms with Crippen molar-refractivity contribution in [2.24, 2.45) is 5.92 Å². The molecular formula is C18H19N3O4S. The largest absolute Gasteiger partial charge is 0.492 e. The van der Waals surface area contributed by atoms with E-state index in [2.05, 4.69) is 15.3 Å². The van der Waals surface area contributed by atoms with Gasteiger partial charge in [0.05, 0.1) is 11.1 Å². The Morgan fingerprint density at radius 1 is 1.31 bits per heavy atom. The second-order valence-corrected chi connectivity index (χ2v) is 7.25. The Bertz CT molecular complexity index is 814. The predicted molar refractivity (Wildman–Crippen MR) is 96.3 cm³/mol. The number of anilines is 1. The van der Waals surface area contributed by atoms with Gasteiger partial charge in [0.15, 0.2) is 10.9 Å². The number of nitrogens with zero attached hydrogens (tertiary/aromatic N) is 1. The van der Waals surface area contributed by atoms with Gasteiger partial charge in [0.1, 0.15) is 17.5 Å². The van der Waals surface area contributed by atoms with Crippen molar-refractivity contribution in [1.82, 2.24) is 9.97 Å². The van der Waals surface area contributed by atoms with Crippen LogP contribution in [0.4, 0.5) is 5.13 Å². The van der Waals surface area contributed by atoms with Gasteiger partial charge in [-0.2, -0.15) is 0 Å². The molecule has 136 valence electrons. The van der Waals surface area contributed by atoms with Gasteiger partial charge in [-0.15, -0.1) is 0 Å². The molecule has 1 amide bonds. The number of aromatic amines is 1. The number of thiazole rings is 1. The fraction of sp³-hybridized carbons (Fsp3) is 0.389. The zero-order valence-electron chi connectivity index (χ0n) is 14.1. The summed E-state index contributed by atoms with van der Waals surface area (Å²) >= 11 is 1.22. The number of Topliss-reactive ketones (excluding diaryl/α,β-unsaturated/α-hetero) is 1. The molecule has 4 heterocycles. The van der Waals surface area contributed by atoms with Gasteiger partial charge in [-0.25, -0.2) is 4.98 Å². The molecule has 2 aromatic heterocycles. The SMILES string of the molecule is O=C(Nc1nc(C2CC=CO2)c(C(=O)C2CCOCC2)s1)c1ccc[nH]1. The van der Waals surface area contributed by atoms with Crippen LogP contribution in [0.5, 0.6) is 0 Å². The number of nitrogens with one attached hydrogen (secondary N) is 2. The monoisotopic (exact) mass is 373 g/mol. The average molecular weight is 373 g/mol. The van der Waals surface area contributed by atoms with Crippen molar-refractivity contribution in [3.05, 3.63) is 46.9 Å². The first kappa shape index (κ1) is 17.0. The molecule has 2 aliphatic heterocycles. The van der Waals surface area contributed by atoms with Crippen LogP contribution in [0.1, 0.15) is 51.2 Å². The number of ether oxygens (including phenoxy) is 2. The molecule has 0 radical (unpaired) electrons. The lowest BCUT2D eigenvalue weighted by Gasteiger charge is -2.21. The van der Waals surface area contributed by atoms with E-state index < -0.39 is 0 Å². The fourth-order valence-electron chi connectivity index (χ4n) is 3.12. The van der Waals surface area contributed by atoms with Crippen molar-refractivity contribution in [2.45, 2.75) is 25.4 Å². The first-order chi connectivity index (χ1) is 12.7. The van der Waals surface area contributed by atoms with E-state index in [1.807, 2.05) is 6.08 Å². The fourth-order valence-corrected chi connectivity index (χ4v) is 4.15. The van der Waals surface area contributed by atoms with Crippen molar-refractivity contribution in [2.75, 3.05) is 18.5 Å². The van der Waals surface area contributed by atoms with Crippen LogP contribution in [0, 0.1) is 5.92 Å². The number of amides is 1. The topological polar surface area (TPSA) is 93.3 Å². The summed E-state index contributed by atoms with van der Waals surface area (Å²) in [6.07, 6.45) is 7.03. The second kappa shape index (κ2) is 7.43. The maximum atomic E-state index is 13.0. The molecule has 1 saturated heterocycles. The molecular weight excluding hydrogens is 354 g/mol. The molecule has 1 fully saturated rings. The average Bonchev–Trinajstić information content (AvgIpc) is 3.42. The van der Waals surface area contributed by atoms with Crippen LogP contribution in [0.2, 0.25) is 0 Å². The van der Waals surface area contributed by atoms with E-state index in [0.29, 0.717) is 53.9 Å². The number of rotatable bonds is 5.